The van der Waals surface area contributed by atoms with E-state index in [4.69, 9.17) is 5.73 Å². The maximum atomic E-state index is 11.9. The van der Waals surface area contributed by atoms with Crippen molar-refractivity contribution < 1.29 is 4.79 Å². The molecule has 2 rings (SSSR count). The Bertz CT molecular complexity index is 615. The van der Waals surface area contributed by atoms with E-state index in [2.05, 4.69) is 21.8 Å². The second-order valence-corrected chi connectivity index (χ2v) is 4.95. The van der Waals surface area contributed by atoms with Gasteiger partial charge in [-0.15, -0.1) is 24.8 Å². The third kappa shape index (κ3) is 4.12. The number of carbonyl (C=O) groups is 1. The molecule has 0 aliphatic heterocycles. The van der Waals surface area contributed by atoms with Crippen molar-refractivity contribution in [1.29, 1.82) is 0 Å². The summed E-state index contributed by atoms with van der Waals surface area (Å²) in [4.78, 5) is 16.5. The molecule has 0 bridgehead atoms. The van der Waals surface area contributed by atoms with Gasteiger partial charge in [0.25, 0.3) is 0 Å². The smallest absolute Gasteiger partial charge is 0.237 e. The fourth-order valence-electron chi connectivity index (χ4n) is 2.33. The van der Waals surface area contributed by atoms with Crippen LogP contribution in [0.4, 0.5) is 0 Å². The van der Waals surface area contributed by atoms with Crippen molar-refractivity contribution in [3.05, 3.63) is 30.1 Å². The number of nitrogens with one attached hydrogen (secondary N) is 1. The number of nitrogens with zero attached hydrogens (tertiary/aromatic N) is 2. The first-order valence-corrected chi connectivity index (χ1v) is 7.09. The molecule has 0 fully saturated rings. The van der Waals surface area contributed by atoms with Crippen molar-refractivity contribution in [2.75, 3.05) is 0 Å². The summed E-state index contributed by atoms with van der Waals surface area (Å²) >= 11 is 0. The van der Waals surface area contributed by atoms with Gasteiger partial charge >= 0.3 is 0 Å². The van der Waals surface area contributed by atoms with Gasteiger partial charge in [0.05, 0.1) is 23.1 Å². The number of aromatic nitrogens is 2. The number of hydrogen-bond acceptors (Lipinski definition) is 3. The van der Waals surface area contributed by atoms with Gasteiger partial charge in [-0.2, -0.15) is 0 Å². The van der Waals surface area contributed by atoms with Gasteiger partial charge in [-0.25, -0.2) is 4.98 Å². The Morgan fingerprint density at radius 2 is 1.95 bits per heavy atom. The first-order valence-electron chi connectivity index (χ1n) is 7.09. The molecule has 7 heteroatoms. The second kappa shape index (κ2) is 8.98. The Morgan fingerprint density at radius 3 is 2.55 bits per heavy atom. The van der Waals surface area contributed by atoms with Crippen LogP contribution < -0.4 is 11.1 Å². The summed E-state index contributed by atoms with van der Waals surface area (Å²) in [6, 6.07) is 7.37. The average Bonchev–Trinajstić information content (AvgIpc) is 2.84. The number of halogens is 2. The van der Waals surface area contributed by atoms with E-state index in [0.29, 0.717) is 6.42 Å². The lowest BCUT2D eigenvalue weighted by molar-refractivity contribution is -0.123. The number of amides is 1. The largest absolute Gasteiger partial charge is 0.345 e. The lowest BCUT2D eigenvalue weighted by Gasteiger charge is -2.17. The zero-order valence-electron chi connectivity index (χ0n) is 13.1. The highest BCUT2D eigenvalue weighted by molar-refractivity contribution is 5.85. The molecule has 1 heterocycles. The van der Waals surface area contributed by atoms with Gasteiger partial charge in [0, 0.05) is 6.54 Å². The van der Waals surface area contributed by atoms with Gasteiger partial charge in [0.2, 0.25) is 5.91 Å². The molecule has 1 unspecified atom stereocenters. The van der Waals surface area contributed by atoms with Crippen molar-refractivity contribution >= 4 is 41.8 Å². The molecule has 0 saturated carbocycles. The molecule has 2 aromatic rings. The minimum absolute atomic E-state index is 0. The SMILES string of the molecule is CC[C@H](N)C(=O)NC(C)c1nc2ccccc2n1CC.Cl.Cl. The molecule has 124 valence electrons. The van der Waals surface area contributed by atoms with Crippen LogP contribution in [0.5, 0.6) is 0 Å². The Kier molecular flexibility index (Phi) is 8.45. The number of imidazole rings is 1. The molecule has 1 amide bonds. The number of para-hydroxylation sites is 2. The number of nitrogens with two attached hydrogens (primary N) is 1. The van der Waals surface area contributed by atoms with Crippen LogP contribution in [0.3, 0.4) is 0 Å². The predicted molar refractivity (Wildman–Crippen MR) is 94.7 cm³/mol. The fourth-order valence-corrected chi connectivity index (χ4v) is 2.33. The minimum Gasteiger partial charge on any atom is -0.345 e. The van der Waals surface area contributed by atoms with Gasteiger partial charge in [-0.05, 0) is 32.4 Å². The van der Waals surface area contributed by atoms with E-state index >= 15 is 0 Å². The highest BCUT2D eigenvalue weighted by atomic mass is 35.5. The maximum Gasteiger partial charge on any atom is 0.237 e. The van der Waals surface area contributed by atoms with E-state index in [1.807, 2.05) is 38.1 Å². The van der Waals surface area contributed by atoms with Crippen LogP contribution in [0.1, 0.15) is 39.1 Å². The minimum atomic E-state index is -0.461. The Morgan fingerprint density at radius 1 is 1.32 bits per heavy atom. The first kappa shape index (κ1) is 20.7. The Labute approximate surface area is 143 Å². The molecule has 3 N–H and O–H groups in total. The van der Waals surface area contributed by atoms with Gasteiger partial charge in [0.1, 0.15) is 5.82 Å². The number of hydrogen-bond donors (Lipinski definition) is 2. The number of fused-ring (bicyclic) bond motifs is 1. The zero-order chi connectivity index (χ0) is 14.7. The number of rotatable bonds is 5. The van der Waals surface area contributed by atoms with Crippen molar-refractivity contribution in [3.63, 3.8) is 0 Å². The molecule has 0 aliphatic carbocycles. The van der Waals surface area contributed by atoms with Crippen LogP contribution in [-0.2, 0) is 11.3 Å². The number of aryl methyl sites for hydroxylation is 1. The topological polar surface area (TPSA) is 72.9 Å². The van der Waals surface area contributed by atoms with E-state index in [0.717, 1.165) is 23.4 Å². The quantitative estimate of drug-likeness (QED) is 0.874. The Balaban J connectivity index is 0.00000220. The van der Waals surface area contributed by atoms with Crippen molar-refractivity contribution in [3.8, 4) is 0 Å². The molecule has 0 radical (unpaired) electrons. The standard InChI is InChI=1S/C15H22N4O.2ClH/c1-4-11(16)15(20)17-10(3)14-18-12-8-6-7-9-13(12)19(14)5-2;;/h6-11H,4-5,16H2,1-3H3,(H,17,20);2*1H/t10?,11-;;/m0../s1. The average molecular weight is 347 g/mol. The van der Waals surface area contributed by atoms with E-state index in [1.165, 1.54) is 0 Å². The third-order valence-electron chi connectivity index (χ3n) is 3.52. The normalized spacial score (nSPS) is 12.9. The maximum absolute atomic E-state index is 11.9. The monoisotopic (exact) mass is 346 g/mol. The fraction of sp³-hybridized carbons (Fsp3) is 0.467. The van der Waals surface area contributed by atoms with Crippen molar-refractivity contribution in [2.45, 2.75) is 45.8 Å². The molecule has 22 heavy (non-hydrogen) atoms. The summed E-state index contributed by atoms with van der Waals surface area (Å²) in [5.74, 6) is 0.736. The lowest BCUT2D eigenvalue weighted by Crippen LogP contribution is -2.41. The molecule has 0 spiro atoms. The zero-order valence-corrected chi connectivity index (χ0v) is 14.7. The summed E-state index contributed by atoms with van der Waals surface area (Å²) in [6.07, 6.45) is 0.628. The van der Waals surface area contributed by atoms with Crippen molar-refractivity contribution in [1.82, 2.24) is 14.9 Å². The molecule has 0 saturated heterocycles. The molecule has 1 aromatic heterocycles. The van der Waals surface area contributed by atoms with Gasteiger partial charge in [0.15, 0.2) is 0 Å². The molecular weight excluding hydrogens is 323 g/mol. The van der Waals surface area contributed by atoms with Crippen LogP contribution >= 0.6 is 24.8 Å². The summed E-state index contributed by atoms with van der Waals surface area (Å²) in [6.45, 7) is 6.73. The van der Waals surface area contributed by atoms with Crippen LogP contribution in [0.2, 0.25) is 0 Å². The van der Waals surface area contributed by atoms with E-state index in [9.17, 15) is 4.79 Å². The third-order valence-corrected chi connectivity index (χ3v) is 3.52. The van der Waals surface area contributed by atoms with Gasteiger partial charge < -0.3 is 15.6 Å². The summed E-state index contributed by atoms with van der Waals surface area (Å²) < 4.78 is 2.12. The highest BCUT2D eigenvalue weighted by Crippen LogP contribution is 2.20. The highest BCUT2D eigenvalue weighted by Gasteiger charge is 2.19. The summed E-state index contributed by atoms with van der Waals surface area (Å²) in [7, 11) is 0. The predicted octanol–water partition coefficient (Wildman–Crippen LogP) is 2.81. The summed E-state index contributed by atoms with van der Waals surface area (Å²) in [5.41, 5.74) is 7.79. The van der Waals surface area contributed by atoms with Crippen LogP contribution in [0.25, 0.3) is 11.0 Å². The molecular formula is C15H24Cl2N4O. The van der Waals surface area contributed by atoms with E-state index < -0.39 is 6.04 Å². The van der Waals surface area contributed by atoms with E-state index in [-0.39, 0.29) is 36.8 Å². The molecule has 1 aromatic carbocycles. The van der Waals surface area contributed by atoms with Crippen LogP contribution in [0, 0.1) is 0 Å². The molecule has 5 nitrogen and oxygen atoms in total. The first-order chi connectivity index (χ1) is 9.58. The van der Waals surface area contributed by atoms with Gasteiger partial charge in [-0.1, -0.05) is 19.1 Å². The number of benzene rings is 1. The van der Waals surface area contributed by atoms with Crippen LogP contribution in [-0.4, -0.2) is 21.5 Å². The van der Waals surface area contributed by atoms with Gasteiger partial charge in [-0.3, -0.25) is 4.79 Å². The number of carbonyl (C=O) groups excluding carboxylic acids is 1. The Hall–Kier alpha value is -1.30. The summed E-state index contributed by atoms with van der Waals surface area (Å²) in [5, 5.41) is 2.94. The van der Waals surface area contributed by atoms with E-state index in [1.54, 1.807) is 0 Å². The molecule has 0 aliphatic rings. The lowest BCUT2D eigenvalue weighted by atomic mass is 10.2. The van der Waals surface area contributed by atoms with Crippen molar-refractivity contribution in [2.24, 2.45) is 5.73 Å². The second-order valence-electron chi connectivity index (χ2n) is 4.95. The molecule has 2 atom stereocenters. The van der Waals surface area contributed by atoms with Crippen LogP contribution in [0.15, 0.2) is 24.3 Å².